The largest absolute Gasteiger partial charge is 0.271 e. The van der Waals surface area contributed by atoms with Gasteiger partial charge in [-0.25, -0.2) is 18.1 Å². The van der Waals surface area contributed by atoms with Crippen molar-refractivity contribution >= 4 is 33.6 Å². The zero-order valence-corrected chi connectivity index (χ0v) is 23.6. The number of aromatic nitrogens is 2. The maximum atomic E-state index is 13.6. The van der Waals surface area contributed by atoms with Crippen molar-refractivity contribution in [2.24, 2.45) is 15.9 Å². The predicted molar refractivity (Wildman–Crippen MR) is 161 cm³/mol. The highest BCUT2D eigenvalue weighted by atomic mass is 32.2. The normalized spacial score (nSPS) is 19.5. The molecule has 0 saturated carbocycles. The molecule has 1 fully saturated rings. The molecular formula is C32H28N6O3S. The maximum absolute atomic E-state index is 13.6. The Morgan fingerprint density at radius 1 is 0.976 bits per heavy atom. The number of amidine groups is 1. The third-order valence-corrected chi connectivity index (χ3v) is 9.35. The Balaban J connectivity index is 1.44. The molecule has 42 heavy (non-hydrogen) atoms. The van der Waals surface area contributed by atoms with Crippen LogP contribution in [0.3, 0.4) is 0 Å². The van der Waals surface area contributed by atoms with Crippen LogP contribution in [0.15, 0.2) is 106 Å². The topological polar surface area (TPSA) is 121 Å². The minimum atomic E-state index is -3.69. The molecule has 10 heteroatoms. The molecule has 1 amide bonds. The summed E-state index contributed by atoms with van der Waals surface area (Å²) in [6.45, 7) is 1.01. The zero-order valence-electron chi connectivity index (χ0n) is 22.8. The van der Waals surface area contributed by atoms with Gasteiger partial charge in [-0.15, -0.1) is 0 Å². The number of hydrogen-bond acceptors (Lipinski definition) is 6. The van der Waals surface area contributed by atoms with Crippen LogP contribution in [0.1, 0.15) is 31.2 Å². The van der Waals surface area contributed by atoms with Crippen molar-refractivity contribution in [3.63, 3.8) is 0 Å². The second-order valence-electron chi connectivity index (χ2n) is 10.3. The van der Waals surface area contributed by atoms with Gasteiger partial charge in [0.2, 0.25) is 10.0 Å². The number of para-hydroxylation sites is 1. The van der Waals surface area contributed by atoms with Gasteiger partial charge in [0.25, 0.3) is 5.91 Å². The van der Waals surface area contributed by atoms with Gasteiger partial charge in [0.05, 0.1) is 21.9 Å². The molecule has 1 aromatic heterocycles. The molecule has 0 bridgehead atoms. The number of aliphatic imine (C=N–C) groups is 2. The van der Waals surface area contributed by atoms with E-state index in [0.717, 1.165) is 31.4 Å². The van der Waals surface area contributed by atoms with E-state index >= 15 is 0 Å². The van der Waals surface area contributed by atoms with Crippen molar-refractivity contribution in [1.82, 2.24) is 14.1 Å². The Kier molecular flexibility index (Phi) is 7.61. The van der Waals surface area contributed by atoms with Crippen LogP contribution in [0.25, 0.3) is 23.0 Å². The Bertz CT molecular complexity index is 1830. The van der Waals surface area contributed by atoms with E-state index in [1.807, 2.05) is 30.3 Å². The van der Waals surface area contributed by atoms with Gasteiger partial charge < -0.3 is 0 Å². The molecule has 210 valence electrons. The lowest BCUT2D eigenvalue weighted by Gasteiger charge is -2.20. The van der Waals surface area contributed by atoms with Crippen molar-refractivity contribution < 1.29 is 13.2 Å². The molecule has 0 N–H and O–H groups in total. The van der Waals surface area contributed by atoms with Crippen molar-refractivity contribution in [3.8, 4) is 23.0 Å². The second-order valence-corrected chi connectivity index (χ2v) is 12.2. The third-order valence-electron chi connectivity index (χ3n) is 7.45. The quantitative estimate of drug-likeness (QED) is 0.377. The van der Waals surface area contributed by atoms with E-state index in [1.54, 1.807) is 69.8 Å². The summed E-state index contributed by atoms with van der Waals surface area (Å²) >= 11 is 0. The van der Waals surface area contributed by atoms with E-state index in [-0.39, 0.29) is 22.2 Å². The summed E-state index contributed by atoms with van der Waals surface area (Å²) in [7, 11) is -3.69. The van der Waals surface area contributed by atoms with Gasteiger partial charge in [0, 0.05) is 30.4 Å². The standard InChI is InChI=1S/C32H28N6O3S/c33-21-24(31-34-29-16-7-6-15-28(29)32(39)35-31)19-25-22-38(26-12-4-3-5-13-26)36-30(25)23-11-10-14-27(20-23)42(40,41)37-17-8-1-2-9-18-37/h3-7,10-16,19-20,22,28H,1-2,8-9,17-18H2/b24-19-. The number of nitrogens with zero attached hydrogens (tertiary/aromatic N) is 6. The number of sulfonamides is 1. The molecule has 6 rings (SSSR count). The van der Waals surface area contributed by atoms with Crippen LogP contribution >= 0.6 is 0 Å². The molecule has 2 aromatic carbocycles. The molecule has 9 nitrogen and oxygen atoms in total. The first-order valence-corrected chi connectivity index (χ1v) is 15.3. The fraction of sp³-hybridized carbons (Fsp3) is 0.219. The van der Waals surface area contributed by atoms with E-state index in [1.165, 1.54) is 0 Å². The minimum absolute atomic E-state index is 0.0320. The SMILES string of the molecule is N#C/C(=C/c1cn(-c2ccccc2)nc1-c1cccc(S(=O)(=O)N2CCCCCC2)c1)C1=NC(=O)C2C=CC=CC2=N1. The summed E-state index contributed by atoms with van der Waals surface area (Å²) in [5.41, 5.74) is 3.03. The average molecular weight is 577 g/mol. The predicted octanol–water partition coefficient (Wildman–Crippen LogP) is 5.13. The van der Waals surface area contributed by atoms with Crippen LogP contribution in [0.2, 0.25) is 0 Å². The summed E-state index contributed by atoms with van der Waals surface area (Å²) in [6.07, 6.45) is 14.1. The number of rotatable bonds is 6. The summed E-state index contributed by atoms with van der Waals surface area (Å²) in [4.78, 5) is 21.5. The van der Waals surface area contributed by atoms with Crippen LogP contribution in [0.5, 0.6) is 0 Å². The molecule has 2 aliphatic heterocycles. The first-order valence-electron chi connectivity index (χ1n) is 13.9. The van der Waals surface area contributed by atoms with Crippen molar-refractivity contribution in [2.45, 2.75) is 30.6 Å². The zero-order chi connectivity index (χ0) is 29.1. The Hall–Kier alpha value is -4.72. The van der Waals surface area contributed by atoms with E-state index in [2.05, 4.69) is 16.1 Å². The monoisotopic (exact) mass is 576 g/mol. The molecule has 0 spiro atoms. The molecule has 1 aliphatic carbocycles. The summed E-state index contributed by atoms with van der Waals surface area (Å²) < 4.78 is 30.4. The molecule has 1 atom stereocenters. The Morgan fingerprint density at radius 2 is 1.76 bits per heavy atom. The Morgan fingerprint density at radius 3 is 2.52 bits per heavy atom. The van der Waals surface area contributed by atoms with Gasteiger partial charge in [0.1, 0.15) is 17.7 Å². The van der Waals surface area contributed by atoms with Gasteiger partial charge in [-0.05, 0) is 49.3 Å². The van der Waals surface area contributed by atoms with Crippen LogP contribution in [-0.4, -0.2) is 53.0 Å². The minimum Gasteiger partial charge on any atom is -0.271 e. The second kappa shape index (κ2) is 11.6. The smallest absolute Gasteiger partial charge is 0.260 e. The molecule has 1 saturated heterocycles. The first-order chi connectivity index (χ1) is 20.4. The van der Waals surface area contributed by atoms with Crippen LogP contribution < -0.4 is 0 Å². The van der Waals surface area contributed by atoms with E-state index in [0.29, 0.717) is 35.6 Å². The molecule has 3 heterocycles. The lowest BCUT2D eigenvalue weighted by molar-refractivity contribution is -0.118. The number of carbonyl (C=O) groups is 1. The van der Waals surface area contributed by atoms with Gasteiger partial charge in [-0.2, -0.15) is 19.7 Å². The number of allylic oxidation sites excluding steroid dienone is 3. The van der Waals surface area contributed by atoms with E-state index in [9.17, 15) is 18.5 Å². The fourth-order valence-corrected chi connectivity index (χ4v) is 6.82. The van der Waals surface area contributed by atoms with Crippen LogP contribution in [-0.2, 0) is 14.8 Å². The molecular weight excluding hydrogens is 548 g/mol. The lowest BCUT2D eigenvalue weighted by atomic mass is 9.96. The van der Waals surface area contributed by atoms with E-state index in [4.69, 9.17) is 5.10 Å². The average Bonchev–Trinajstić information content (AvgIpc) is 3.24. The molecule has 3 aliphatic rings. The molecule has 0 radical (unpaired) electrons. The molecule has 3 aromatic rings. The van der Waals surface area contributed by atoms with Crippen molar-refractivity contribution in [2.75, 3.05) is 13.1 Å². The van der Waals surface area contributed by atoms with Gasteiger partial charge in [-0.1, -0.05) is 61.4 Å². The van der Waals surface area contributed by atoms with Gasteiger partial charge in [0.15, 0.2) is 5.84 Å². The molecule has 1 unspecified atom stereocenters. The highest BCUT2D eigenvalue weighted by Crippen LogP contribution is 2.30. The fourth-order valence-electron chi connectivity index (χ4n) is 5.26. The number of carbonyl (C=O) groups excluding carboxylic acids is 1. The van der Waals surface area contributed by atoms with Crippen LogP contribution in [0.4, 0.5) is 0 Å². The number of fused-ring (bicyclic) bond motifs is 1. The third kappa shape index (κ3) is 5.44. The number of amides is 1. The van der Waals surface area contributed by atoms with Crippen molar-refractivity contribution in [3.05, 3.63) is 96.2 Å². The number of hydrogen-bond donors (Lipinski definition) is 0. The Labute approximate surface area is 244 Å². The van der Waals surface area contributed by atoms with E-state index < -0.39 is 15.9 Å². The highest BCUT2D eigenvalue weighted by Gasteiger charge is 2.28. The summed E-state index contributed by atoms with van der Waals surface area (Å²) in [5.74, 6) is -0.906. The highest BCUT2D eigenvalue weighted by molar-refractivity contribution is 7.89. The number of benzene rings is 2. The number of nitriles is 1. The van der Waals surface area contributed by atoms with Gasteiger partial charge >= 0.3 is 0 Å². The first kappa shape index (κ1) is 27.4. The van der Waals surface area contributed by atoms with Gasteiger partial charge in [-0.3, -0.25) is 4.79 Å². The summed E-state index contributed by atoms with van der Waals surface area (Å²) in [5, 5.41) is 14.9. The summed E-state index contributed by atoms with van der Waals surface area (Å²) in [6, 6.07) is 18.4. The lowest BCUT2D eigenvalue weighted by Crippen LogP contribution is -2.31. The van der Waals surface area contributed by atoms with Crippen molar-refractivity contribution in [1.29, 1.82) is 5.26 Å². The maximum Gasteiger partial charge on any atom is 0.260 e. The van der Waals surface area contributed by atoms with Crippen LogP contribution in [0, 0.1) is 17.2 Å².